The van der Waals surface area contributed by atoms with E-state index in [0.29, 0.717) is 39.5 Å². The number of fused-ring (bicyclic) bond motifs is 1. The molecular weight excluding hydrogens is 509 g/mol. The molecule has 1 aliphatic rings. The Morgan fingerprint density at radius 2 is 1.97 bits per heavy atom. The Labute approximate surface area is 224 Å². The van der Waals surface area contributed by atoms with Gasteiger partial charge in [-0.15, -0.1) is 0 Å². The molecule has 2 heterocycles. The van der Waals surface area contributed by atoms with Gasteiger partial charge in [0.25, 0.3) is 5.91 Å². The molecule has 0 saturated heterocycles. The lowest BCUT2D eigenvalue weighted by atomic mass is 9.90. The van der Waals surface area contributed by atoms with Crippen molar-refractivity contribution >= 4 is 28.4 Å². The lowest BCUT2D eigenvalue weighted by Crippen LogP contribution is -2.43. The summed E-state index contributed by atoms with van der Waals surface area (Å²) in [6.07, 6.45) is 3.26. The van der Waals surface area contributed by atoms with Crippen LogP contribution in [0.3, 0.4) is 0 Å². The number of pyridine rings is 2. The SMILES string of the molecule is COc1c(C)cc(C(O)(CNC(=O)c2cc(OC)c3ncccc3c2)C2CC2)nc1-c1ccc(F)c(Cl)c1. The molecule has 7 nitrogen and oxygen atoms in total. The minimum absolute atomic E-state index is 0.0415. The van der Waals surface area contributed by atoms with E-state index < -0.39 is 11.4 Å². The van der Waals surface area contributed by atoms with Crippen molar-refractivity contribution < 1.29 is 23.8 Å². The Kier molecular flexibility index (Phi) is 6.94. The lowest BCUT2D eigenvalue weighted by Gasteiger charge is -2.29. The van der Waals surface area contributed by atoms with Gasteiger partial charge in [0.1, 0.15) is 34.1 Å². The Bertz CT molecular complexity index is 1540. The molecule has 2 aromatic carbocycles. The highest BCUT2D eigenvalue weighted by Crippen LogP contribution is 2.46. The Balaban J connectivity index is 1.49. The van der Waals surface area contributed by atoms with E-state index in [2.05, 4.69) is 10.3 Å². The zero-order chi connectivity index (χ0) is 27.0. The van der Waals surface area contributed by atoms with E-state index in [9.17, 15) is 14.3 Å². The van der Waals surface area contributed by atoms with Gasteiger partial charge in [0, 0.05) is 22.7 Å². The number of rotatable bonds is 8. The molecule has 1 amide bonds. The molecule has 4 aromatic rings. The first kappa shape index (κ1) is 25.9. The van der Waals surface area contributed by atoms with E-state index >= 15 is 0 Å². The van der Waals surface area contributed by atoms with Crippen LogP contribution in [0.25, 0.3) is 22.2 Å². The molecule has 0 radical (unpaired) electrons. The smallest absolute Gasteiger partial charge is 0.251 e. The summed E-state index contributed by atoms with van der Waals surface area (Å²) >= 11 is 6.04. The average Bonchev–Trinajstić information content (AvgIpc) is 3.78. The van der Waals surface area contributed by atoms with Crippen molar-refractivity contribution in [3.05, 3.63) is 82.4 Å². The number of aliphatic hydroxyl groups is 1. The zero-order valence-corrected chi connectivity index (χ0v) is 22.0. The second kappa shape index (κ2) is 10.2. The number of carbonyl (C=O) groups is 1. The number of aromatic nitrogens is 2. The van der Waals surface area contributed by atoms with Crippen LogP contribution in [0.1, 0.15) is 34.5 Å². The molecule has 1 atom stereocenters. The fraction of sp³-hybridized carbons (Fsp3) is 0.276. The number of carbonyl (C=O) groups excluding carboxylic acids is 1. The van der Waals surface area contributed by atoms with E-state index in [1.165, 1.54) is 26.4 Å². The van der Waals surface area contributed by atoms with Crippen LogP contribution in [-0.2, 0) is 5.60 Å². The molecule has 196 valence electrons. The molecule has 38 heavy (non-hydrogen) atoms. The molecule has 1 unspecified atom stereocenters. The standard InChI is InChI=1S/C29H27ClFN3O4/c1-16-11-24(34-26(27(16)38-3)18-6-9-22(31)21(30)13-18)29(36,20-7-8-20)15-33-28(35)19-12-17-5-4-10-32-25(17)23(14-19)37-2/h4-6,9-14,20,36H,7-8,15H2,1-3H3,(H,33,35). The van der Waals surface area contributed by atoms with Crippen molar-refractivity contribution in [2.75, 3.05) is 20.8 Å². The fourth-order valence-corrected chi connectivity index (χ4v) is 4.93. The number of benzene rings is 2. The first-order valence-electron chi connectivity index (χ1n) is 12.2. The maximum atomic E-state index is 13.8. The number of hydrogen-bond donors (Lipinski definition) is 2. The number of aryl methyl sites for hydroxylation is 1. The minimum atomic E-state index is -1.42. The van der Waals surface area contributed by atoms with Crippen LogP contribution in [0.2, 0.25) is 5.02 Å². The van der Waals surface area contributed by atoms with Crippen molar-refractivity contribution in [3.8, 4) is 22.8 Å². The third kappa shape index (κ3) is 4.77. The van der Waals surface area contributed by atoms with Crippen molar-refractivity contribution in [2.24, 2.45) is 5.92 Å². The molecular formula is C29H27ClFN3O4. The predicted octanol–water partition coefficient (Wildman–Crippen LogP) is 5.44. The Morgan fingerprint density at radius 1 is 1.18 bits per heavy atom. The number of nitrogens with one attached hydrogen (secondary N) is 1. The van der Waals surface area contributed by atoms with Crippen molar-refractivity contribution in [1.29, 1.82) is 0 Å². The molecule has 1 saturated carbocycles. The monoisotopic (exact) mass is 535 g/mol. The molecule has 1 fully saturated rings. The maximum absolute atomic E-state index is 13.8. The van der Waals surface area contributed by atoms with Gasteiger partial charge in [-0.1, -0.05) is 17.7 Å². The first-order valence-corrected chi connectivity index (χ1v) is 12.6. The molecule has 0 aliphatic heterocycles. The van der Waals surface area contributed by atoms with Gasteiger partial charge in [0.15, 0.2) is 0 Å². The van der Waals surface area contributed by atoms with E-state index in [1.807, 2.05) is 13.0 Å². The molecule has 1 aliphatic carbocycles. The van der Waals surface area contributed by atoms with Gasteiger partial charge in [0.05, 0.1) is 31.5 Å². The normalized spacial score (nSPS) is 14.7. The van der Waals surface area contributed by atoms with Crippen molar-refractivity contribution in [3.63, 3.8) is 0 Å². The summed E-state index contributed by atoms with van der Waals surface area (Å²) in [6.45, 7) is 1.80. The van der Waals surface area contributed by atoms with Gasteiger partial charge in [-0.05, 0) is 73.7 Å². The minimum Gasteiger partial charge on any atom is -0.494 e. The summed E-state index contributed by atoms with van der Waals surface area (Å²) in [7, 11) is 3.06. The highest BCUT2D eigenvalue weighted by Gasteiger charge is 2.47. The summed E-state index contributed by atoms with van der Waals surface area (Å²) < 4.78 is 24.9. The Hall–Kier alpha value is -3.75. The third-order valence-electron chi connectivity index (χ3n) is 6.92. The number of halogens is 2. The van der Waals surface area contributed by atoms with Crippen LogP contribution in [0.4, 0.5) is 4.39 Å². The number of hydrogen-bond acceptors (Lipinski definition) is 6. The maximum Gasteiger partial charge on any atom is 0.251 e. The van der Waals surface area contributed by atoms with Gasteiger partial charge < -0.3 is 19.9 Å². The first-order chi connectivity index (χ1) is 18.2. The second-order valence-corrected chi connectivity index (χ2v) is 9.88. The molecule has 5 rings (SSSR count). The Morgan fingerprint density at radius 3 is 2.66 bits per heavy atom. The summed E-state index contributed by atoms with van der Waals surface area (Å²) in [6, 6.07) is 13.1. The van der Waals surface area contributed by atoms with Gasteiger partial charge in [-0.3, -0.25) is 9.78 Å². The van der Waals surface area contributed by atoms with Crippen LogP contribution < -0.4 is 14.8 Å². The van der Waals surface area contributed by atoms with E-state index in [-0.39, 0.29) is 23.4 Å². The summed E-state index contributed by atoms with van der Waals surface area (Å²) in [5.41, 5.74) is 1.75. The van der Waals surface area contributed by atoms with Crippen LogP contribution in [0, 0.1) is 18.7 Å². The largest absolute Gasteiger partial charge is 0.494 e. The molecule has 9 heteroatoms. The van der Waals surface area contributed by atoms with Gasteiger partial charge in [-0.2, -0.15) is 0 Å². The number of ether oxygens (including phenoxy) is 2. The van der Waals surface area contributed by atoms with Crippen LogP contribution >= 0.6 is 11.6 Å². The van der Waals surface area contributed by atoms with Crippen molar-refractivity contribution in [2.45, 2.75) is 25.4 Å². The van der Waals surface area contributed by atoms with Crippen LogP contribution in [0.15, 0.2) is 54.7 Å². The summed E-state index contributed by atoms with van der Waals surface area (Å²) in [4.78, 5) is 22.3. The van der Waals surface area contributed by atoms with E-state index in [1.54, 1.807) is 36.5 Å². The topological polar surface area (TPSA) is 93.6 Å². The zero-order valence-electron chi connectivity index (χ0n) is 21.2. The van der Waals surface area contributed by atoms with Gasteiger partial charge >= 0.3 is 0 Å². The number of nitrogens with zero attached hydrogens (tertiary/aromatic N) is 2. The van der Waals surface area contributed by atoms with Crippen LogP contribution in [-0.4, -0.2) is 41.7 Å². The van der Waals surface area contributed by atoms with Crippen molar-refractivity contribution in [1.82, 2.24) is 15.3 Å². The predicted molar refractivity (Wildman–Crippen MR) is 143 cm³/mol. The number of amides is 1. The lowest BCUT2D eigenvalue weighted by molar-refractivity contribution is 0.00947. The second-order valence-electron chi connectivity index (χ2n) is 9.47. The summed E-state index contributed by atoms with van der Waals surface area (Å²) in [5, 5.41) is 15.5. The fourth-order valence-electron chi connectivity index (χ4n) is 4.75. The van der Waals surface area contributed by atoms with Crippen LogP contribution in [0.5, 0.6) is 11.5 Å². The molecule has 2 aromatic heterocycles. The quantitative estimate of drug-likeness (QED) is 0.312. The van der Waals surface area contributed by atoms with E-state index in [0.717, 1.165) is 23.8 Å². The molecule has 0 spiro atoms. The molecule has 2 N–H and O–H groups in total. The highest BCUT2D eigenvalue weighted by atomic mass is 35.5. The van der Waals surface area contributed by atoms with Gasteiger partial charge in [-0.25, -0.2) is 9.37 Å². The van der Waals surface area contributed by atoms with E-state index in [4.69, 9.17) is 26.1 Å². The molecule has 0 bridgehead atoms. The average molecular weight is 536 g/mol. The third-order valence-corrected chi connectivity index (χ3v) is 7.21. The summed E-state index contributed by atoms with van der Waals surface area (Å²) in [5.74, 6) is 0.00350. The number of methoxy groups -OCH3 is 2. The highest BCUT2D eigenvalue weighted by molar-refractivity contribution is 6.31. The van der Waals surface area contributed by atoms with Gasteiger partial charge in [0.2, 0.25) is 0 Å².